The van der Waals surface area contributed by atoms with E-state index in [1.807, 2.05) is 0 Å². The molecular formula is C14H23N. The Morgan fingerprint density at radius 1 is 1.27 bits per heavy atom. The summed E-state index contributed by atoms with van der Waals surface area (Å²) in [6, 6.07) is 0. The first-order valence-electron chi connectivity index (χ1n) is 6.29. The smallest absolute Gasteiger partial charge is 0.0205 e. The first-order chi connectivity index (χ1) is 7.24. The van der Waals surface area contributed by atoms with Crippen molar-refractivity contribution >= 4 is 0 Å². The lowest BCUT2D eigenvalue weighted by Crippen LogP contribution is -2.38. The zero-order valence-electron chi connectivity index (χ0n) is 10.2. The highest BCUT2D eigenvalue weighted by Gasteiger charge is 2.38. The quantitative estimate of drug-likeness (QED) is 0.730. The lowest BCUT2D eigenvalue weighted by Gasteiger charge is -2.44. The minimum atomic E-state index is 0.873. The molecule has 1 N–H and O–H groups in total. The minimum Gasteiger partial charge on any atom is -0.312 e. The van der Waals surface area contributed by atoms with Crippen LogP contribution in [-0.4, -0.2) is 13.1 Å². The van der Waals surface area contributed by atoms with Gasteiger partial charge in [0, 0.05) is 6.54 Å². The van der Waals surface area contributed by atoms with Gasteiger partial charge in [0.2, 0.25) is 0 Å². The second kappa shape index (κ2) is 4.52. The zero-order chi connectivity index (χ0) is 10.8. The SMILES string of the molecule is C/C=C\C1=C(C2C(C)CC2C)CCNC1. The fourth-order valence-corrected chi connectivity index (χ4v) is 3.40. The van der Waals surface area contributed by atoms with Crippen LogP contribution in [-0.2, 0) is 0 Å². The summed E-state index contributed by atoms with van der Waals surface area (Å²) in [5.41, 5.74) is 3.31. The van der Waals surface area contributed by atoms with Crippen LogP contribution in [0.4, 0.5) is 0 Å². The summed E-state index contributed by atoms with van der Waals surface area (Å²) < 4.78 is 0. The Hall–Kier alpha value is -0.560. The number of allylic oxidation sites excluding steroid dienone is 1. The summed E-state index contributed by atoms with van der Waals surface area (Å²) in [5, 5.41) is 3.47. The van der Waals surface area contributed by atoms with Crippen LogP contribution < -0.4 is 5.32 Å². The molecule has 1 saturated carbocycles. The molecule has 1 aliphatic carbocycles. The Balaban J connectivity index is 2.22. The molecular weight excluding hydrogens is 182 g/mol. The van der Waals surface area contributed by atoms with Crippen molar-refractivity contribution in [3.63, 3.8) is 0 Å². The van der Waals surface area contributed by atoms with Gasteiger partial charge in [-0.1, -0.05) is 31.6 Å². The third kappa shape index (κ3) is 2.03. The van der Waals surface area contributed by atoms with Gasteiger partial charge in [0.05, 0.1) is 0 Å². The highest BCUT2D eigenvalue weighted by atomic mass is 14.9. The molecule has 2 rings (SSSR count). The number of hydrogen-bond donors (Lipinski definition) is 1. The monoisotopic (exact) mass is 205 g/mol. The molecule has 1 fully saturated rings. The Bertz CT molecular complexity index is 280. The van der Waals surface area contributed by atoms with Gasteiger partial charge in [-0.05, 0) is 49.6 Å². The van der Waals surface area contributed by atoms with E-state index in [4.69, 9.17) is 0 Å². The summed E-state index contributed by atoms with van der Waals surface area (Å²) in [6.45, 7) is 9.19. The summed E-state index contributed by atoms with van der Waals surface area (Å²) in [4.78, 5) is 0. The first kappa shape index (κ1) is 10.9. The third-order valence-corrected chi connectivity index (χ3v) is 4.04. The standard InChI is InChI=1S/C14H23N/c1-4-5-12-9-15-7-6-13(12)14-10(2)8-11(14)3/h4-5,10-11,14-15H,6-9H2,1-3H3/b5-4-. The average molecular weight is 205 g/mol. The van der Waals surface area contributed by atoms with E-state index >= 15 is 0 Å². The van der Waals surface area contributed by atoms with Gasteiger partial charge in [-0.15, -0.1) is 0 Å². The lowest BCUT2D eigenvalue weighted by molar-refractivity contribution is 0.130. The van der Waals surface area contributed by atoms with Crippen molar-refractivity contribution in [1.82, 2.24) is 5.32 Å². The third-order valence-electron chi connectivity index (χ3n) is 4.04. The molecule has 0 saturated heterocycles. The predicted molar refractivity (Wildman–Crippen MR) is 65.8 cm³/mol. The van der Waals surface area contributed by atoms with Gasteiger partial charge < -0.3 is 5.32 Å². The van der Waals surface area contributed by atoms with Crippen molar-refractivity contribution in [2.75, 3.05) is 13.1 Å². The van der Waals surface area contributed by atoms with E-state index in [9.17, 15) is 0 Å². The van der Waals surface area contributed by atoms with Crippen LogP contribution >= 0.6 is 0 Å². The Kier molecular flexibility index (Phi) is 3.30. The molecule has 0 amide bonds. The van der Waals surface area contributed by atoms with Crippen molar-refractivity contribution in [3.05, 3.63) is 23.3 Å². The molecule has 2 unspecified atom stereocenters. The number of hydrogen-bond acceptors (Lipinski definition) is 1. The van der Waals surface area contributed by atoms with Crippen LogP contribution in [0.5, 0.6) is 0 Å². The largest absolute Gasteiger partial charge is 0.312 e. The maximum Gasteiger partial charge on any atom is 0.0205 e. The highest BCUT2D eigenvalue weighted by Crippen LogP contribution is 2.46. The van der Waals surface area contributed by atoms with E-state index in [1.54, 1.807) is 11.1 Å². The van der Waals surface area contributed by atoms with E-state index in [1.165, 1.54) is 19.4 Å². The lowest BCUT2D eigenvalue weighted by atomic mass is 9.61. The molecule has 1 heteroatoms. The normalized spacial score (nSPS) is 37.1. The van der Waals surface area contributed by atoms with Crippen LogP contribution in [0.25, 0.3) is 0 Å². The van der Waals surface area contributed by atoms with Crippen LogP contribution in [0.2, 0.25) is 0 Å². The summed E-state index contributed by atoms with van der Waals surface area (Å²) in [7, 11) is 0. The van der Waals surface area contributed by atoms with Gasteiger partial charge in [-0.2, -0.15) is 0 Å². The van der Waals surface area contributed by atoms with Crippen molar-refractivity contribution in [1.29, 1.82) is 0 Å². The summed E-state index contributed by atoms with van der Waals surface area (Å²) in [5.74, 6) is 2.69. The molecule has 1 nitrogen and oxygen atoms in total. The number of rotatable bonds is 2. The van der Waals surface area contributed by atoms with Gasteiger partial charge in [0.15, 0.2) is 0 Å². The predicted octanol–water partition coefficient (Wildman–Crippen LogP) is 3.14. The van der Waals surface area contributed by atoms with Gasteiger partial charge in [-0.3, -0.25) is 0 Å². The van der Waals surface area contributed by atoms with Crippen molar-refractivity contribution in [2.45, 2.75) is 33.6 Å². The van der Waals surface area contributed by atoms with Crippen molar-refractivity contribution < 1.29 is 0 Å². The summed E-state index contributed by atoms with van der Waals surface area (Å²) in [6.07, 6.45) is 7.17. The van der Waals surface area contributed by atoms with Gasteiger partial charge in [-0.25, -0.2) is 0 Å². The van der Waals surface area contributed by atoms with Crippen LogP contribution in [0.3, 0.4) is 0 Å². The maximum absolute atomic E-state index is 3.47. The molecule has 2 aliphatic rings. The van der Waals surface area contributed by atoms with Crippen LogP contribution in [0, 0.1) is 17.8 Å². The minimum absolute atomic E-state index is 0.873. The van der Waals surface area contributed by atoms with Gasteiger partial charge >= 0.3 is 0 Å². The molecule has 0 spiro atoms. The molecule has 15 heavy (non-hydrogen) atoms. The fraction of sp³-hybridized carbons (Fsp3) is 0.714. The second-order valence-corrected chi connectivity index (χ2v) is 5.19. The molecule has 84 valence electrons. The average Bonchev–Trinajstić information content (AvgIpc) is 2.21. The molecule has 1 heterocycles. The van der Waals surface area contributed by atoms with E-state index in [0.29, 0.717) is 0 Å². The van der Waals surface area contributed by atoms with E-state index < -0.39 is 0 Å². The number of nitrogens with one attached hydrogen (secondary N) is 1. The maximum atomic E-state index is 3.47. The van der Waals surface area contributed by atoms with E-state index in [2.05, 4.69) is 38.2 Å². The Morgan fingerprint density at radius 3 is 2.60 bits per heavy atom. The fourth-order valence-electron chi connectivity index (χ4n) is 3.40. The van der Waals surface area contributed by atoms with Gasteiger partial charge in [0.1, 0.15) is 0 Å². The summed E-state index contributed by atoms with van der Waals surface area (Å²) >= 11 is 0. The molecule has 0 aromatic heterocycles. The first-order valence-corrected chi connectivity index (χ1v) is 6.29. The van der Waals surface area contributed by atoms with E-state index in [-0.39, 0.29) is 0 Å². The molecule has 0 aromatic rings. The second-order valence-electron chi connectivity index (χ2n) is 5.19. The van der Waals surface area contributed by atoms with Crippen molar-refractivity contribution in [3.8, 4) is 0 Å². The molecule has 0 aromatic carbocycles. The van der Waals surface area contributed by atoms with E-state index in [0.717, 1.165) is 24.3 Å². The Labute approximate surface area is 93.6 Å². The Morgan fingerprint density at radius 2 is 2.00 bits per heavy atom. The van der Waals surface area contributed by atoms with Gasteiger partial charge in [0.25, 0.3) is 0 Å². The molecule has 0 bridgehead atoms. The molecule has 2 atom stereocenters. The molecule has 0 radical (unpaired) electrons. The van der Waals surface area contributed by atoms with Crippen LogP contribution in [0.1, 0.15) is 33.6 Å². The topological polar surface area (TPSA) is 12.0 Å². The van der Waals surface area contributed by atoms with Crippen LogP contribution in [0.15, 0.2) is 23.3 Å². The zero-order valence-corrected chi connectivity index (χ0v) is 10.2. The molecule has 1 aliphatic heterocycles. The van der Waals surface area contributed by atoms with Crippen molar-refractivity contribution in [2.24, 2.45) is 17.8 Å². The highest BCUT2D eigenvalue weighted by molar-refractivity contribution is 5.32.